The molecule has 2 aromatic carbocycles. The van der Waals surface area contributed by atoms with Crippen molar-refractivity contribution in [2.45, 2.75) is 12.8 Å². The van der Waals surface area contributed by atoms with Gasteiger partial charge in [0.15, 0.2) is 17.3 Å². The topological polar surface area (TPSA) is 55.8 Å². The van der Waals surface area contributed by atoms with E-state index in [0.29, 0.717) is 28.5 Å². The van der Waals surface area contributed by atoms with Crippen LogP contribution < -0.4 is 14.4 Å². The van der Waals surface area contributed by atoms with Gasteiger partial charge in [0.2, 0.25) is 12.7 Å². The summed E-state index contributed by atoms with van der Waals surface area (Å²) >= 11 is 6.14. The van der Waals surface area contributed by atoms with Crippen molar-refractivity contribution in [2.75, 3.05) is 18.2 Å². The number of rotatable bonds is 4. The molecule has 5 nitrogen and oxygen atoms in total. The van der Waals surface area contributed by atoms with Crippen LogP contribution in [0, 0.1) is 0 Å². The second kappa shape index (κ2) is 6.84. The molecule has 4 rings (SSSR count). The molecule has 2 aliphatic rings. The van der Waals surface area contributed by atoms with Crippen LogP contribution in [-0.2, 0) is 4.79 Å². The van der Waals surface area contributed by atoms with Gasteiger partial charge in [0.25, 0.3) is 0 Å². The van der Waals surface area contributed by atoms with Crippen molar-refractivity contribution >= 4 is 35.1 Å². The third-order valence-corrected chi connectivity index (χ3v) is 4.69. The van der Waals surface area contributed by atoms with Crippen LogP contribution in [0.25, 0.3) is 6.08 Å². The van der Waals surface area contributed by atoms with E-state index >= 15 is 0 Å². The normalized spacial score (nSPS) is 15.9. The van der Waals surface area contributed by atoms with Gasteiger partial charge in [-0.05, 0) is 54.5 Å². The number of ketones is 1. The number of ether oxygens (including phenoxy) is 2. The standard InChI is InChI=1S/C20H16ClNO4/c21-16-10-13(11-18-20(16)26-12-25-18)3-8-17(23)14-4-6-15(7-5-14)22-9-1-2-19(22)24/h3-8,10-11H,1-2,9,12H2/b8-3+. The molecule has 132 valence electrons. The maximum Gasteiger partial charge on any atom is 0.231 e. The van der Waals surface area contributed by atoms with Crippen LogP contribution in [0.1, 0.15) is 28.8 Å². The van der Waals surface area contributed by atoms with E-state index in [0.717, 1.165) is 24.2 Å². The van der Waals surface area contributed by atoms with Gasteiger partial charge in [-0.2, -0.15) is 0 Å². The van der Waals surface area contributed by atoms with Crippen molar-refractivity contribution in [1.82, 2.24) is 0 Å². The molecule has 0 radical (unpaired) electrons. The van der Waals surface area contributed by atoms with Gasteiger partial charge in [0.1, 0.15) is 0 Å². The lowest BCUT2D eigenvalue weighted by Gasteiger charge is -2.15. The smallest absolute Gasteiger partial charge is 0.231 e. The van der Waals surface area contributed by atoms with Gasteiger partial charge < -0.3 is 14.4 Å². The van der Waals surface area contributed by atoms with Gasteiger partial charge in [0, 0.05) is 24.2 Å². The van der Waals surface area contributed by atoms with E-state index in [2.05, 4.69) is 0 Å². The van der Waals surface area contributed by atoms with Crippen molar-refractivity contribution in [3.05, 3.63) is 58.6 Å². The Kier molecular flexibility index (Phi) is 4.39. The van der Waals surface area contributed by atoms with Crippen LogP contribution in [0.4, 0.5) is 5.69 Å². The summed E-state index contributed by atoms with van der Waals surface area (Å²) in [4.78, 5) is 25.9. The molecule has 2 heterocycles. The minimum absolute atomic E-state index is 0.127. The van der Waals surface area contributed by atoms with Crippen molar-refractivity contribution in [3.8, 4) is 11.5 Å². The van der Waals surface area contributed by atoms with Crippen LogP contribution in [0.3, 0.4) is 0 Å². The fraction of sp³-hybridized carbons (Fsp3) is 0.200. The number of halogens is 1. The van der Waals surface area contributed by atoms with Gasteiger partial charge in [-0.25, -0.2) is 0 Å². The number of carbonyl (C=O) groups is 2. The first-order chi connectivity index (χ1) is 12.6. The summed E-state index contributed by atoms with van der Waals surface area (Å²) in [5, 5.41) is 0.451. The minimum atomic E-state index is -0.127. The SMILES string of the molecule is O=C(/C=C/c1cc(Cl)c2c(c1)OCO2)c1ccc(N2CCCC2=O)cc1. The molecule has 0 atom stereocenters. The first kappa shape index (κ1) is 16.7. The lowest BCUT2D eigenvalue weighted by Crippen LogP contribution is -2.23. The molecular formula is C20H16ClNO4. The molecule has 2 aromatic rings. The molecule has 0 bridgehead atoms. The van der Waals surface area contributed by atoms with Crippen LogP contribution in [-0.4, -0.2) is 25.0 Å². The number of nitrogens with zero attached hydrogens (tertiary/aromatic N) is 1. The molecule has 1 amide bonds. The van der Waals surface area contributed by atoms with Crippen LogP contribution in [0.15, 0.2) is 42.5 Å². The predicted molar refractivity (Wildman–Crippen MR) is 99.0 cm³/mol. The summed E-state index contributed by atoms with van der Waals surface area (Å²) in [6, 6.07) is 10.6. The Morgan fingerprint density at radius 1 is 1.15 bits per heavy atom. The maximum absolute atomic E-state index is 12.4. The highest BCUT2D eigenvalue weighted by atomic mass is 35.5. The Morgan fingerprint density at radius 2 is 1.96 bits per heavy atom. The highest BCUT2D eigenvalue weighted by Crippen LogP contribution is 2.40. The number of hydrogen-bond acceptors (Lipinski definition) is 4. The number of fused-ring (bicyclic) bond motifs is 1. The minimum Gasteiger partial charge on any atom is -0.454 e. The monoisotopic (exact) mass is 369 g/mol. The number of amides is 1. The zero-order valence-corrected chi connectivity index (χ0v) is 14.7. The van der Waals surface area contributed by atoms with E-state index in [4.69, 9.17) is 21.1 Å². The molecule has 2 aliphatic heterocycles. The molecule has 26 heavy (non-hydrogen) atoms. The highest BCUT2D eigenvalue weighted by Gasteiger charge is 2.21. The first-order valence-corrected chi connectivity index (χ1v) is 8.71. The summed E-state index contributed by atoms with van der Waals surface area (Å²) in [5.74, 6) is 1.10. The Hall–Kier alpha value is -2.79. The quantitative estimate of drug-likeness (QED) is 0.601. The van der Waals surface area contributed by atoms with Gasteiger partial charge in [-0.3, -0.25) is 9.59 Å². The Balaban J connectivity index is 1.49. The number of anilines is 1. The average molecular weight is 370 g/mol. The Labute approximate surface area is 155 Å². The average Bonchev–Trinajstić information content (AvgIpc) is 3.29. The molecule has 0 N–H and O–H groups in total. The molecule has 0 aromatic heterocycles. The van der Waals surface area contributed by atoms with Crippen LogP contribution >= 0.6 is 11.6 Å². The summed E-state index contributed by atoms with van der Waals surface area (Å²) < 4.78 is 10.6. The molecule has 1 fully saturated rings. The second-order valence-electron chi connectivity index (χ2n) is 6.13. The summed E-state index contributed by atoms with van der Waals surface area (Å²) in [7, 11) is 0. The fourth-order valence-corrected chi connectivity index (χ4v) is 3.35. The molecule has 0 spiro atoms. The van der Waals surface area contributed by atoms with Crippen molar-refractivity contribution in [1.29, 1.82) is 0 Å². The van der Waals surface area contributed by atoms with E-state index in [1.54, 1.807) is 35.2 Å². The lowest BCUT2D eigenvalue weighted by molar-refractivity contribution is -0.117. The van der Waals surface area contributed by atoms with E-state index in [-0.39, 0.29) is 18.5 Å². The third kappa shape index (κ3) is 3.18. The van der Waals surface area contributed by atoms with Crippen molar-refractivity contribution in [3.63, 3.8) is 0 Å². The van der Waals surface area contributed by atoms with E-state index in [1.165, 1.54) is 6.08 Å². The van der Waals surface area contributed by atoms with Crippen molar-refractivity contribution < 1.29 is 19.1 Å². The summed E-state index contributed by atoms with van der Waals surface area (Å²) in [6.45, 7) is 0.879. The molecule has 0 saturated carbocycles. The Morgan fingerprint density at radius 3 is 2.69 bits per heavy atom. The fourth-order valence-electron chi connectivity index (χ4n) is 3.08. The van der Waals surface area contributed by atoms with Crippen molar-refractivity contribution in [2.24, 2.45) is 0 Å². The predicted octanol–water partition coefficient (Wildman–Crippen LogP) is 4.09. The number of carbonyl (C=O) groups excluding carboxylic acids is 2. The number of hydrogen-bond donors (Lipinski definition) is 0. The third-order valence-electron chi connectivity index (χ3n) is 4.41. The number of benzene rings is 2. The van der Waals surface area contributed by atoms with E-state index in [1.807, 2.05) is 12.1 Å². The summed E-state index contributed by atoms with van der Waals surface area (Å²) in [5.41, 5.74) is 2.14. The van der Waals surface area contributed by atoms with Gasteiger partial charge in [-0.15, -0.1) is 0 Å². The highest BCUT2D eigenvalue weighted by molar-refractivity contribution is 6.32. The first-order valence-electron chi connectivity index (χ1n) is 8.34. The van der Waals surface area contributed by atoms with Crippen LogP contribution in [0.5, 0.6) is 11.5 Å². The Bertz CT molecular complexity index is 905. The molecule has 0 aliphatic carbocycles. The zero-order chi connectivity index (χ0) is 18.1. The maximum atomic E-state index is 12.4. The number of allylic oxidation sites excluding steroid dienone is 1. The molecule has 0 unspecified atom stereocenters. The largest absolute Gasteiger partial charge is 0.454 e. The molecule has 6 heteroatoms. The van der Waals surface area contributed by atoms with Gasteiger partial charge in [-0.1, -0.05) is 17.7 Å². The second-order valence-corrected chi connectivity index (χ2v) is 6.54. The van der Waals surface area contributed by atoms with E-state index < -0.39 is 0 Å². The lowest BCUT2D eigenvalue weighted by atomic mass is 10.1. The molecule has 1 saturated heterocycles. The molecular weight excluding hydrogens is 354 g/mol. The van der Waals surface area contributed by atoms with Gasteiger partial charge >= 0.3 is 0 Å². The van der Waals surface area contributed by atoms with E-state index in [9.17, 15) is 9.59 Å². The zero-order valence-electron chi connectivity index (χ0n) is 13.9. The summed E-state index contributed by atoms with van der Waals surface area (Å²) in [6.07, 6.45) is 4.64. The van der Waals surface area contributed by atoms with Gasteiger partial charge in [0.05, 0.1) is 5.02 Å². The van der Waals surface area contributed by atoms with Crippen LogP contribution in [0.2, 0.25) is 5.02 Å².